The lowest BCUT2D eigenvalue weighted by Gasteiger charge is -2.51. The number of nitrogen functional groups attached to an aromatic ring is 2. The van der Waals surface area contributed by atoms with Gasteiger partial charge in [-0.25, -0.2) is 4.98 Å². The van der Waals surface area contributed by atoms with Gasteiger partial charge in [-0.2, -0.15) is 9.97 Å². The zero-order valence-electron chi connectivity index (χ0n) is 18.5. The van der Waals surface area contributed by atoms with Crippen molar-refractivity contribution in [3.8, 4) is 0 Å². The average molecular weight is 445 g/mol. The van der Waals surface area contributed by atoms with E-state index < -0.39 is 11.2 Å². The molecule has 0 aromatic carbocycles. The Hall–Kier alpha value is -2.50. The number of likely N-dealkylation sites (tertiary alicyclic amines) is 1. The van der Waals surface area contributed by atoms with Crippen molar-refractivity contribution < 1.29 is 14.6 Å². The number of hydrogen-bond acceptors (Lipinski definition) is 9. The lowest BCUT2D eigenvalue weighted by atomic mass is 9.75. The fraction of sp³-hybridized carbons (Fsp3) is 0.714. The van der Waals surface area contributed by atoms with E-state index in [2.05, 4.69) is 20.3 Å². The number of imidazole rings is 1. The second-order valence-corrected chi connectivity index (χ2v) is 9.70. The highest BCUT2D eigenvalue weighted by Crippen LogP contribution is 2.44. The molecule has 0 saturated carbocycles. The molecule has 3 aliphatic rings. The van der Waals surface area contributed by atoms with Gasteiger partial charge in [-0.05, 0) is 39.2 Å². The molecule has 174 valence electrons. The Morgan fingerprint density at radius 3 is 2.78 bits per heavy atom. The minimum Gasteiger partial charge on any atom is -0.388 e. The van der Waals surface area contributed by atoms with Gasteiger partial charge in [-0.1, -0.05) is 0 Å². The fourth-order valence-corrected chi connectivity index (χ4v) is 5.60. The first-order valence-corrected chi connectivity index (χ1v) is 11.4. The maximum Gasteiger partial charge on any atom is 0.226 e. The number of ether oxygens (including phenoxy) is 1. The van der Waals surface area contributed by atoms with Crippen molar-refractivity contribution in [1.29, 1.82) is 0 Å². The number of fused-ring (bicyclic) bond motifs is 1. The minimum atomic E-state index is -1.06. The summed E-state index contributed by atoms with van der Waals surface area (Å²) in [5, 5.41) is 14.8. The smallest absolute Gasteiger partial charge is 0.226 e. The monoisotopic (exact) mass is 444 g/mol. The molecule has 0 bridgehead atoms. The summed E-state index contributed by atoms with van der Waals surface area (Å²) in [6.07, 6.45) is 5.51. The quantitative estimate of drug-likeness (QED) is 0.503. The molecule has 1 amide bonds. The van der Waals surface area contributed by atoms with Crippen LogP contribution in [0.5, 0.6) is 0 Å². The summed E-state index contributed by atoms with van der Waals surface area (Å²) in [6.45, 7) is 5.21. The van der Waals surface area contributed by atoms with Gasteiger partial charge in [0.25, 0.3) is 0 Å². The van der Waals surface area contributed by atoms with Gasteiger partial charge in [-0.3, -0.25) is 4.79 Å². The van der Waals surface area contributed by atoms with Crippen molar-refractivity contribution in [1.82, 2.24) is 29.7 Å². The third-order valence-electron chi connectivity index (χ3n) is 7.38. The molecule has 32 heavy (non-hydrogen) atoms. The molecule has 2 aromatic heterocycles. The van der Waals surface area contributed by atoms with Crippen LogP contribution in [-0.2, 0) is 9.53 Å². The number of carbonyl (C=O) groups excluding carboxylic acids is 1. The normalized spacial score (nSPS) is 30.6. The van der Waals surface area contributed by atoms with Crippen LogP contribution in [0.4, 0.5) is 11.8 Å². The van der Waals surface area contributed by atoms with Crippen molar-refractivity contribution in [2.75, 3.05) is 44.3 Å². The summed E-state index contributed by atoms with van der Waals surface area (Å²) in [4.78, 5) is 27.4. The van der Waals surface area contributed by atoms with Gasteiger partial charge in [0.05, 0.1) is 36.1 Å². The summed E-state index contributed by atoms with van der Waals surface area (Å²) in [5.41, 5.74) is 11.2. The number of hydrogen-bond donors (Lipinski definition) is 4. The molecule has 3 aliphatic heterocycles. The average Bonchev–Trinajstić information content (AvgIpc) is 3.17. The molecule has 5 rings (SSSR count). The summed E-state index contributed by atoms with van der Waals surface area (Å²) in [6, 6.07) is -0.389. The number of nitrogens with two attached hydrogens (primary N) is 2. The van der Waals surface area contributed by atoms with E-state index in [1.54, 1.807) is 10.9 Å². The van der Waals surface area contributed by atoms with Crippen LogP contribution < -0.4 is 16.8 Å². The number of piperidine rings is 2. The van der Waals surface area contributed by atoms with Crippen LogP contribution in [0.15, 0.2) is 6.33 Å². The molecule has 6 N–H and O–H groups in total. The lowest BCUT2D eigenvalue weighted by Crippen LogP contribution is -2.58. The van der Waals surface area contributed by atoms with Crippen molar-refractivity contribution in [2.45, 2.75) is 56.3 Å². The van der Waals surface area contributed by atoms with Crippen LogP contribution in [0.25, 0.3) is 11.2 Å². The molecule has 11 nitrogen and oxygen atoms in total. The Bertz CT molecular complexity index is 1010. The summed E-state index contributed by atoms with van der Waals surface area (Å²) in [7, 11) is 0. The first kappa shape index (κ1) is 21.4. The van der Waals surface area contributed by atoms with Crippen LogP contribution in [0.3, 0.4) is 0 Å². The molecule has 3 saturated heterocycles. The maximum absolute atomic E-state index is 12.9. The van der Waals surface area contributed by atoms with Crippen molar-refractivity contribution in [3.05, 3.63) is 6.33 Å². The Morgan fingerprint density at radius 1 is 1.31 bits per heavy atom. The van der Waals surface area contributed by atoms with Crippen LogP contribution >= 0.6 is 0 Å². The minimum absolute atomic E-state index is 0.0646. The van der Waals surface area contributed by atoms with Gasteiger partial charge < -0.3 is 36.1 Å². The van der Waals surface area contributed by atoms with Gasteiger partial charge >= 0.3 is 0 Å². The van der Waals surface area contributed by atoms with E-state index in [-0.39, 0.29) is 29.6 Å². The van der Waals surface area contributed by atoms with E-state index in [1.807, 2.05) is 11.8 Å². The molecular formula is C21H32N8O3. The van der Waals surface area contributed by atoms with E-state index >= 15 is 0 Å². The predicted molar refractivity (Wildman–Crippen MR) is 119 cm³/mol. The summed E-state index contributed by atoms with van der Waals surface area (Å²) < 4.78 is 8.18. The summed E-state index contributed by atoms with van der Waals surface area (Å²) in [5.74, 6) is 0.597. The van der Waals surface area contributed by atoms with E-state index in [4.69, 9.17) is 16.2 Å². The Morgan fingerprint density at radius 2 is 2.09 bits per heavy atom. The first-order chi connectivity index (χ1) is 15.3. The van der Waals surface area contributed by atoms with Crippen molar-refractivity contribution in [3.63, 3.8) is 0 Å². The van der Waals surface area contributed by atoms with E-state index in [0.29, 0.717) is 50.1 Å². The highest BCUT2D eigenvalue weighted by atomic mass is 16.5. The van der Waals surface area contributed by atoms with E-state index in [1.165, 1.54) is 0 Å². The summed E-state index contributed by atoms with van der Waals surface area (Å²) >= 11 is 0. The predicted octanol–water partition coefficient (Wildman–Crippen LogP) is 0.0639. The zero-order chi connectivity index (χ0) is 22.5. The maximum atomic E-state index is 12.9. The number of rotatable bonds is 2. The van der Waals surface area contributed by atoms with Gasteiger partial charge in [0.2, 0.25) is 11.9 Å². The molecule has 0 aliphatic carbocycles. The fourth-order valence-electron chi connectivity index (χ4n) is 5.60. The molecule has 0 radical (unpaired) electrons. The Kier molecular flexibility index (Phi) is 5.22. The number of amides is 1. The molecule has 3 atom stereocenters. The van der Waals surface area contributed by atoms with E-state index in [9.17, 15) is 9.90 Å². The molecule has 3 fully saturated rings. The van der Waals surface area contributed by atoms with Crippen LogP contribution in [-0.4, -0.2) is 79.4 Å². The Labute approximate surface area is 186 Å². The highest BCUT2D eigenvalue weighted by molar-refractivity contribution is 5.82. The van der Waals surface area contributed by atoms with E-state index in [0.717, 1.165) is 25.9 Å². The van der Waals surface area contributed by atoms with Crippen molar-refractivity contribution >= 4 is 28.8 Å². The highest BCUT2D eigenvalue weighted by Gasteiger charge is 2.50. The number of anilines is 2. The molecule has 2 aromatic rings. The third-order valence-corrected chi connectivity index (χ3v) is 7.38. The van der Waals surface area contributed by atoms with Gasteiger partial charge in [0.15, 0.2) is 11.5 Å². The van der Waals surface area contributed by atoms with Gasteiger partial charge in [0, 0.05) is 26.1 Å². The number of aliphatic hydroxyl groups is 1. The standard InChI is InChI=1S/C21H32N8O3/c1-20(31)11-21(4-7-28(8-5-21)18(30)13-3-2-6-24-9-13)32-10-14(20)29-12-25-15-16(22)26-19(23)27-17(15)29/h12-14,24,31H,2-11H2,1H3,(H4,22,23,26,27)/t13-,14-,20-/m1/s1. The van der Waals surface area contributed by atoms with Gasteiger partial charge in [0.1, 0.15) is 5.52 Å². The van der Waals surface area contributed by atoms with Crippen LogP contribution in [0, 0.1) is 5.92 Å². The molecule has 0 unspecified atom stereocenters. The molecule has 11 heteroatoms. The lowest BCUT2D eigenvalue weighted by molar-refractivity contribution is -0.197. The second kappa shape index (κ2) is 7.82. The number of carbonyl (C=O) groups is 1. The third kappa shape index (κ3) is 3.67. The Balaban J connectivity index is 1.29. The first-order valence-electron chi connectivity index (χ1n) is 11.4. The molecule has 5 heterocycles. The molecular weight excluding hydrogens is 412 g/mol. The van der Waals surface area contributed by atoms with Crippen molar-refractivity contribution in [2.24, 2.45) is 5.92 Å². The van der Waals surface area contributed by atoms with Crippen LogP contribution in [0.2, 0.25) is 0 Å². The zero-order valence-corrected chi connectivity index (χ0v) is 18.5. The number of nitrogens with zero attached hydrogens (tertiary/aromatic N) is 5. The van der Waals surface area contributed by atoms with Crippen LogP contribution in [0.1, 0.15) is 45.1 Å². The topological polar surface area (TPSA) is 157 Å². The van der Waals surface area contributed by atoms with Gasteiger partial charge in [-0.15, -0.1) is 0 Å². The second-order valence-electron chi connectivity index (χ2n) is 9.70. The largest absolute Gasteiger partial charge is 0.388 e. The molecule has 1 spiro atoms. The number of nitrogens with one attached hydrogen (secondary N) is 1. The number of aromatic nitrogens is 4. The SMILES string of the molecule is C[C@@]1(O)CC2(CCN(C(=O)[C@@H]3CCCNC3)CC2)OC[C@H]1n1cnc2c(N)nc(N)nc21.